The maximum atomic E-state index is 11.6. The molecule has 1 amide bonds. The van der Waals surface area contributed by atoms with Gasteiger partial charge in [-0.2, -0.15) is 0 Å². The van der Waals surface area contributed by atoms with Crippen LogP contribution >= 0.6 is 12.4 Å². The van der Waals surface area contributed by atoms with Crippen molar-refractivity contribution in [2.24, 2.45) is 17.4 Å². The maximum Gasteiger partial charge on any atom is 0.239 e. The lowest BCUT2D eigenvalue weighted by atomic mass is 9.92. The Kier molecular flexibility index (Phi) is 6.17. The van der Waals surface area contributed by atoms with E-state index in [1.807, 2.05) is 11.8 Å². The highest BCUT2D eigenvalue weighted by atomic mass is 35.5. The van der Waals surface area contributed by atoms with Crippen molar-refractivity contribution >= 4 is 18.3 Å². The van der Waals surface area contributed by atoms with Crippen LogP contribution in [0.15, 0.2) is 0 Å². The van der Waals surface area contributed by atoms with Crippen molar-refractivity contribution in [2.75, 3.05) is 13.1 Å². The molecule has 0 aromatic carbocycles. The Labute approximate surface area is 97.8 Å². The van der Waals surface area contributed by atoms with Crippen molar-refractivity contribution < 1.29 is 4.79 Å². The summed E-state index contributed by atoms with van der Waals surface area (Å²) in [6, 6.07) is -0.222. The number of amides is 1. The fraction of sp³-hybridized carbons (Fsp3) is 0.900. The lowest BCUT2D eigenvalue weighted by molar-refractivity contribution is -0.134. The number of hydrogen-bond donors (Lipinski definition) is 2. The third-order valence-electron chi connectivity index (χ3n) is 2.90. The first-order valence-electron chi connectivity index (χ1n) is 5.32. The predicted molar refractivity (Wildman–Crippen MR) is 63.9 cm³/mol. The maximum absolute atomic E-state index is 11.6. The molecule has 1 saturated heterocycles. The van der Waals surface area contributed by atoms with Gasteiger partial charge in [0.1, 0.15) is 0 Å². The normalized spacial score (nSPS) is 25.3. The third kappa shape index (κ3) is 3.97. The monoisotopic (exact) mass is 235 g/mol. The van der Waals surface area contributed by atoms with Crippen LogP contribution in [0.1, 0.15) is 26.7 Å². The molecule has 0 spiro atoms. The number of piperidine rings is 1. The standard InChI is InChI=1S/C10H21N3O.ClH/c1-7(11)9-4-3-5-13(6-9)10(14)8(2)12;/h7-9H,3-6,11-12H2,1-2H3;1H. The lowest BCUT2D eigenvalue weighted by Gasteiger charge is -2.35. The van der Waals surface area contributed by atoms with Crippen molar-refractivity contribution in [3.8, 4) is 0 Å². The third-order valence-corrected chi connectivity index (χ3v) is 2.90. The second kappa shape index (κ2) is 6.30. The van der Waals surface area contributed by atoms with Crippen LogP contribution < -0.4 is 11.5 Å². The van der Waals surface area contributed by atoms with Gasteiger partial charge >= 0.3 is 0 Å². The molecule has 4 nitrogen and oxygen atoms in total. The Morgan fingerprint density at radius 3 is 2.47 bits per heavy atom. The van der Waals surface area contributed by atoms with E-state index in [0.29, 0.717) is 5.92 Å². The smallest absolute Gasteiger partial charge is 0.239 e. The summed E-state index contributed by atoms with van der Waals surface area (Å²) in [4.78, 5) is 13.5. The predicted octanol–water partition coefficient (Wildman–Crippen LogP) is 0.341. The van der Waals surface area contributed by atoms with Gasteiger partial charge in [-0.05, 0) is 32.6 Å². The minimum atomic E-state index is -0.387. The summed E-state index contributed by atoms with van der Waals surface area (Å²) in [5.74, 6) is 0.488. The fourth-order valence-electron chi connectivity index (χ4n) is 1.93. The molecule has 5 heteroatoms. The van der Waals surface area contributed by atoms with Crippen molar-refractivity contribution in [3.63, 3.8) is 0 Å². The van der Waals surface area contributed by atoms with E-state index >= 15 is 0 Å². The Bertz CT molecular complexity index is 209. The van der Waals surface area contributed by atoms with Crippen molar-refractivity contribution in [1.82, 2.24) is 4.90 Å². The summed E-state index contributed by atoms with van der Waals surface area (Å²) in [5.41, 5.74) is 11.4. The van der Waals surface area contributed by atoms with Crippen molar-refractivity contribution in [3.05, 3.63) is 0 Å². The highest BCUT2D eigenvalue weighted by Gasteiger charge is 2.26. The molecular weight excluding hydrogens is 214 g/mol. The Morgan fingerprint density at radius 1 is 1.40 bits per heavy atom. The zero-order valence-corrected chi connectivity index (χ0v) is 10.3. The second-order valence-corrected chi connectivity index (χ2v) is 4.33. The first-order valence-corrected chi connectivity index (χ1v) is 5.32. The van der Waals surface area contributed by atoms with Crippen LogP contribution in [0, 0.1) is 5.92 Å². The molecule has 4 N–H and O–H groups in total. The summed E-state index contributed by atoms with van der Waals surface area (Å²) >= 11 is 0. The van der Waals surface area contributed by atoms with Gasteiger partial charge in [-0.1, -0.05) is 0 Å². The Hall–Kier alpha value is -0.320. The van der Waals surface area contributed by atoms with Gasteiger partial charge in [-0.3, -0.25) is 4.79 Å². The van der Waals surface area contributed by atoms with Crippen LogP contribution in [-0.2, 0) is 4.79 Å². The molecule has 1 aliphatic rings. The summed E-state index contributed by atoms with van der Waals surface area (Å²) < 4.78 is 0. The SMILES string of the molecule is CC(N)C(=O)N1CCCC(C(C)N)C1.Cl. The largest absolute Gasteiger partial charge is 0.341 e. The number of likely N-dealkylation sites (tertiary alicyclic amines) is 1. The molecule has 15 heavy (non-hydrogen) atoms. The van der Waals surface area contributed by atoms with E-state index in [1.54, 1.807) is 6.92 Å². The fourth-order valence-corrected chi connectivity index (χ4v) is 1.93. The van der Waals surface area contributed by atoms with Gasteiger partial charge in [-0.25, -0.2) is 0 Å². The topological polar surface area (TPSA) is 72.4 Å². The average molecular weight is 236 g/mol. The highest BCUT2D eigenvalue weighted by Crippen LogP contribution is 2.18. The van der Waals surface area contributed by atoms with E-state index in [9.17, 15) is 4.79 Å². The average Bonchev–Trinajstić information content (AvgIpc) is 2.16. The number of nitrogens with two attached hydrogens (primary N) is 2. The number of rotatable bonds is 2. The molecule has 0 aromatic heterocycles. The van der Waals surface area contributed by atoms with Gasteiger partial charge in [0.2, 0.25) is 5.91 Å². The van der Waals surface area contributed by atoms with Crippen molar-refractivity contribution in [1.29, 1.82) is 0 Å². The zero-order chi connectivity index (χ0) is 10.7. The molecule has 1 fully saturated rings. The van der Waals surface area contributed by atoms with Crippen LogP contribution in [0.25, 0.3) is 0 Å². The quantitative estimate of drug-likeness (QED) is 0.725. The molecule has 0 radical (unpaired) electrons. The van der Waals surface area contributed by atoms with E-state index < -0.39 is 0 Å². The zero-order valence-electron chi connectivity index (χ0n) is 9.48. The minimum Gasteiger partial charge on any atom is -0.341 e. The molecule has 3 atom stereocenters. The number of carbonyl (C=O) groups excluding carboxylic acids is 1. The minimum absolute atomic E-state index is 0. The van der Waals surface area contributed by atoms with Crippen LogP contribution in [0.2, 0.25) is 0 Å². The summed E-state index contributed by atoms with van der Waals surface area (Å²) in [7, 11) is 0. The molecule has 90 valence electrons. The van der Waals surface area contributed by atoms with Crippen LogP contribution in [0.3, 0.4) is 0 Å². The number of hydrogen-bond acceptors (Lipinski definition) is 3. The van der Waals surface area contributed by atoms with Gasteiger partial charge in [0.05, 0.1) is 6.04 Å². The number of nitrogens with zero attached hydrogens (tertiary/aromatic N) is 1. The lowest BCUT2D eigenvalue weighted by Crippen LogP contribution is -2.49. The molecule has 0 aromatic rings. The van der Waals surface area contributed by atoms with E-state index in [2.05, 4.69) is 0 Å². The molecular formula is C10H22ClN3O. The van der Waals surface area contributed by atoms with E-state index in [0.717, 1.165) is 25.9 Å². The first-order chi connectivity index (χ1) is 6.52. The molecule has 0 bridgehead atoms. The van der Waals surface area contributed by atoms with Gasteiger partial charge in [0, 0.05) is 19.1 Å². The molecule has 1 heterocycles. The summed E-state index contributed by atoms with van der Waals surface area (Å²) in [5, 5.41) is 0. The van der Waals surface area contributed by atoms with Gasteiger partial charge in [0.15, 0.2) is 0 Å². The van der Waals surface area contributed by atoms with Gasteiger partial charge in [0.25, 0.3) is 0 Å². The Morgan fingerprint density at radius 2 is 2.00 bits per heavy atom. The summed E-state index contributed by atoms with van der Waals surface area (Å²) in [6.45, 7) is 5.35. The van der Waals surface area contributed by atoms with Gasteiger partial charge in [-0.15, -0.1) is 12.4 Å². The first kappa shape index (κ1) is 14.7. The van der Waals surface area contributed by atoms with Crippen molar-refractivity contribution in [2.45, 2.75) is 38.8 Å². The van der Waals surface area contributed by atoms with Crippen LogP contribution in [-0.4, -0.2) is 36.0 Å². The molecule has 3 unspecified atom stereocenters. The van der Waals surface area contributed by atoms with Crippen LogP contribution in [0.5, 0.6) is 0 Å². The molecule has 0 aliphatic carbocycles. The van der Waals surface area contributed by atoms with E-state index in [4.69, 9.17) is 11.5 Å². The van der Waals surface area contributed by atoms with E-state index in [-0.39, 0.29) is 30.4 Å². The van der Waals surface area contributed by atoms with Crippen LogP contribution in [0.4, 0.5) is 0 Å². The second-order valence-electron chi connectivity index (χ2n) is 4.33. The molecule has 1 aliphatic heterocycles. The number of halogens is 1. The Balaban J connectivity index is 0.00000196. The molecule has 1 rings (SSSR count). The van der Waals surface area contributed by atoms with Gasteiger partial charge < -0.3 is 16.4 Å². The summed E-state index contributed by atoms with van der Waals surface area (Å²) in [6.07, 6.45) is 2.17. The number of carbonyl (C=O) groups is 1. The van der Waals surface area contributed by atoms with E-state index in [1.165, 1.54) is 0 Å². The molecule has 0 saturated carbocycles. The highest BCUT2D eigenvalue weighted by molar-refractivity contribution is 5.85.